The first-order valence-electron chi connectivity index (χ1n) is 10.9. The molecule has 0 bridgehead atoms. The van der Waals surface area contributed by atoms with E-state index in [0.717, 1.165) is 4.90 Å². The van der Waals surface area contributed by atoms with Crippen molar-refractivity contribution in [3.63, 3.8) is 0 Å². The van der Waals surface area contributed by atoms with Crippen molar-refractivity contribution in [1.29, 1.82) is 0 Å². The molecule has 3 rings (SSSR count). The van der Waals surface area contributed by atoms with Gasteiger partial charge in [0.1, 0.15) is 11.8 Å². The van der Waals surface area contributed by atoms with Gasteiger partial charge in [0.05, 0.1) is 37.8 Å². The molecular weight excluding hydrogens is 554 g/mol. The second-order valence-electron chi connectivity index (χ2n) is 8.24. The van der Waals surface area contributed by atoms with Crippen molar-refractivity contribution in [3.05, 3.63) is 55.5 Å². The van der Waals surface area contributed by atoms with Crippen LogP contribution >= 0.6 is 46.4 Å². The van der Waals surface area contributed by atoms with Gasteiger partial charge in [-0.3, -0.25) is 19.3 Å². The van der Waals surface area contributed by atoms with E-state index in [-0.39, 0.29) is 43.6 Å². The Labute approximate surface area is 227 Å². The number of fused-ring (bicyclic) bond motifs is 1. The summed E-state index contributed by atoms with van der Waals surface area (Å²) in [7, 11) is 0. The number of amides is 3. The van der Waals surface area contributed by atoms with Crippen LogP contribution in [0.25, 0.3) is 0 Å². The zero-order valence-electron chi connectivity index (χ0n) is 19.5. The quantitative estimate of drug-likeness (QED) is 0.173. The SMILES string of the molecule is CCOc1ccc(NC(=O)COC(=O)[C@H](CC(C)C)N2C(=O)c3c(Cl)c(Cl)c(Cl)c(Cl)c3C2=O)cc1. The molecule has 0 fully saturated rings. The average Bonchev–Trinajstić information content (AvgIpc) is 3.09. The number of ether oxygens (including phenoxy) is 2. The van der Waals surface area contributed by atoms with Crippen LogP contribution in [0.5, 0.6) is 5.75 Å². The van der Waals surface area contributed by atoms with Crippen LogP contribution in [-0.4, -0.2) is 47.8 Å². The Morgan fingerprint density at radius 3 is 1.92 bits per heavy atom. The molecule has 0 aliphatic carbocycles. The van der Waals surface area contributed by atoms with Crippen LogP contribution in [0.2, 0.25) is 20.1 Å². The fourth-order valence-electron chi connectivity index (χ4n) is 3.63. The fourth-order valence-corrected chi connectivity index (χ4v) is 4.65. The van der Waals surface area contributed by atoms with Crippen LogP contribution in [0.1, 0.15) is 47.9 Å². The van der Waals surface area contributed by atoms with Gasteiger partial charge >= 0.3 is 5.97 Å². The highest BCUT2D eigenvalue weighted by Gasteiger charge is 2.47. The molecule has 2 aromatic carbocycles. The number of benzene rings is 2. The molecule has 1 atom stereocenters. The van der Waals surface area contributed by atoms with Crippen molar-refractivity contribution >= 4 is 75.8 Å². The van der Waals surface area contributed by atoms with Crippen molar-refractivity contribution < 1.29 is 28.7 Å². The van der Waals surface area contributed by atoms with Gasteiger partial charge in [-0.25, -0.2) is 4.79 Å². The van der Waals surface area contributed by atoms with Crippen molar-refractivity contribution in [2.75, 3.05) is 18.5 Å². The van der Waals surface area contributed by atoms with E-state index in [1.54, 1.807) is 38.1 Å². The second-order valence-corrected chi connectivity index (χ2v) is 9.76. The molecule has 0 unspecified atom stereocenters. The fraction of sp³-hybridized carbons (Fsp3) is 0.333. The topological polar surface area (TPSA) is 102 Å². The summed E-state index contributed by atoms with van der Waals surface area (Å²) in [5.74, 6) is -2.75. The largest absolute Gasteiger partial charge is 0.494 e. The minimum Gasteiger partial charge on any atom is -0.494 e. The molecule has 8 nitrogen and oxygen atoms in total. The van der Waals surface area contributed by atoms with Gasteiger partial charge in [0.2, 0.25) is 0 Å². The molecule has 0 saturated heterocycles. The Hall–Kier alpha value is -2.52. The van der Waals surface area contributed by atoms with E-state index in [2.05, 4.69) is 5.32 Å². The Bertz CT molecular complexity index is 1170. The molecule has 36 heavy (non-hydrogen) atoms. The number of anilines is 1. The number of carbonyl (C=O) groups excluding carboxylic acids is 4. The van der Waals surface area contributed by atoms with Crippen LogP contribution < -0.4 is 10.1 Å². The van der Waals surface area contributed by atoms with Crippen molar-refractivity contribution in [2.24, 2.45) is 5.92 Å². The maximum atomic E-state index is 13.2. The number of rotatable bonds is 9. The molecule has 12 heteroatoms. The first-order valence-corrected chi connectivity index (χ1v) is 12.4. The third-order valence-corrected chi connectivity index (χ3v) is 7.01. The summed E-state index contributed by atoms with van der Waals surface area (Å²) in [6.45, 7) is 5.31. The highest BCUT2D eigenvalue weighted by Crippen LogP contribution is 2.45. The van der Waals surface area contributed by atoms with Gasteiger partial charge in [0.25, 0.3) is 17.7 Å². The van der Waals surface area contributed by atoms with Gasteiger partial charge in [-0.05, 0) is 43.5 Å². The zero-order chi connectivity index (χ0) is 26.7. The number of esters is 1. The first kappa shape index (κ1) is 28.1. The minimum atomic E-state index is -1.33. The number of carbonyl (C=O) groups is 4. The zero-order valence-corrected chi connectivity index (χ0v) is 22.5. The number of nitrogens with zero attached hydrogens (tertiary/aromatic N) is 1. The first-order chi connectivity index (χ1) is 17.0. The van der Waals surface area contributed by atoms with E-state index >= 15 is 0 Å². The van der Waals surface area contributed by atoms with E-state index in [0.29, 0.717) is 18.0 Å². The van der Waals surface area contributed by atoms with E-state index in [1.165, 1.54) is 0 Å². The lowest BCUT2D eigenvalue weighted by molar-refractivity contribution is -0.151. The molecule has 0 spiro atoms. The third-order valence-electron chi connectivity index (χ3n) is 5.21. The maximum absolute atomic E-state index is 13.2. The molecular formula is C24H22Cl4N2O6. The van der Waals surface area contributed by atoms with E-state index in [4.69, 9.17) is 55.9 Å². The molecule has 1 heterocycles. The highest BCUT2D eigenvalue weighted by molar-refractivity contribution is 6.55. The van der Waals surface area contributed by atoms with E-state index < -0.39 is 36.3 Å². The molecule has 0 radical (unpaired) electrons. The van der Waals surface area contributed by atoms with E-state index in [1.807, 2.05) is 6.92 Å². The highest BCUT2D eigenvalue weighted by atomic mass is 35.5. The standard InChI is InChI=1S/C24H22Cl4N2O6/c1-4-35-13-7-5-12(6-8-13)29-15(31)10-36-24(34)14(9-11(2)3)30-22(32)16-17(23(30)33)19(26)21(28)20(27)18(16)25/h5-8,11,14H,4,9-10H2,1-3H3,(H,29,31)/t14-/m0/s1. The molecule has 1 aliphatic heterocycles. The lowest BCUT2D eigenvalue weighted by Gasteiger charge is -2.26. The Morgan fingerprint density at radius 2 is 1.44 bits per heavy atom. The van der Waals surface area contributed by atoms with Gasteiger partial charge in [-0.2, -0.15) is 0 Å². The summed E-state index contributed by atoms with van der Waals surface area (Å²) < 4.78 is 10.5. The number of imide groups is 1. The summed E-state index contributed by atoms with van der Waals surface area (Å²) in [5.41, 5.74) is -0.0108. The van der Waals surface area contributed by atoms with Crippen LogP contribution in [0, 0.1) is 5.92 Å². The summed E-state index contributed by atoms with van der Waals surface area (Å²) in [6.07, 6.45) is 0.0709. The molecule has 1 aliphatic rings. The molecule has 2 aromatic rings. The summed E-state index contributed by atoms with van der Waals surface area (Å²) in [4.78, 5) is 52.4. The van der Waals surface area contributed by atoms with Gasteiger partial charge in [-0.15, -0.1) is 0 Å². The lowest BCUT2D eigenvalue weighted by atomic mass is 10.0. The normalized spacial score (nSPS) is 13.6. The smallest absolute Gasteiger partial charge is 0.329 e. The number of nitrogens with one attached hydrogen (secondary N) is 1. The monoisotopic (exact) mass is 574 g/mol. The van der Waals surface area contributed by atoms with Crippen molar-refractivity contribution in [3.8, 4) is 5.75 Å². The minimum absolute atomic E-state index is 0.0709. The van der Waals surface area contributed by atoms with Gasteiger partial charge in [-0.1, -0.05) is 60.3 Å². The van der Waals surface area contributed by atoms with Gasteiger partial charge in [0.15, 0.2) is 6.61 Å². The second kappa shape index (κ2) is 11.7. The lowest BCUT2D eigenvalue weighted by Crippen LogP contribution is -2.47. The van der Waals surface area contributed by atoms with Crippen LogP contribution in [0.4, 0.5) is 5.69 Å². The molecule has 192 valence electrons. The number of hydrogen-bond acceptors (Lipinski definition) is 6. The van der Waals surface area contributed by atoms with Gasteiger partial charge in [0, 0.05) is 5.69 Å². The molecule has 0 aromatic heterocycles. The van der Waals surface area contributed by atoms with Crippen LogP contribution in [-0.2, 0) is 14.3 Å². The predicted octanol–water partition coefficient (Wildman–Crippen LogP) is 5.89. The van der Waals surface area contributed by atoms with E-state index in [9.17, 15) is 19.2 Å². The number of hydrogen-bond donors (Lipinski definition) is 1. The summed E-state index contributed by atoms with van der Waals surface area (Å²) >= 11 is 24.5. The molecule has 1 N–H and O–H groups in total. The van der Waals surface area contributed by atoms with Gasteiger partial charge < -0.3 is 14.8 Å². The Morgan fingerprint density at radius 1 is 0.917 bits per heavy atom. The summed E-state index contributed by atoms with van der Waals surface area (Å²) in [6, 6.07) is 5.30. The number of halogens is 4. The van der Waals surface area contributed by atoms with Crippen molar-refractivity contribution in [2.45, 2.75) is 33.2 Å². The Balaban J connectivity index is 1.77. The van der Waals surface area contributed by atoms with Crippen molar-refractivity contribution in [1.82, 2.24) is 4.90 Å². The molecule has 0 saturated carbocycles. The predicted molar refractivity (Wildman–Crippen MR) is 137 cm³/mol. The van der Waals surface area contributed by atoms with Crippen LogP contribution in [0.15, 0.2) is 24.3 Å². The maximum Gasteiger partial charge on any atom is 0.329 e. The third kappa shape index (κ3) is 5.72. The Kier molecular flexibility index (Phi) is 9.11. The molecule has 3 amide bonds. The van der Waals surface area contributed by atoms with Crippen LogP contribution in [0.3, 0.4) is 0 Å². The summed E-state index contributed by atoms with van der Waals surface area (Å²) in [5, 5.41) is 1.74. The average molecular weight is 576 g/mol.